The van der Waals surface area contributed by atoms with Crippen molar-refractivity contribution in [3.05, 3.63) is 29.8 Å². The van der Waals surface area contributed by atoms with Crippen molar-refractivity contribution in [2.24, 2.45) is 5.92 Å². The summed E-state index contributed by atoms with van der Waals surface area (Å²) in [6, 6.07) is 7.30. The number of alkyl halides is 3. The fourth-order valence-electron chi connectivity index (χ4n) is 1.40. The third kappa shape index (κ3) is 3.66. The Hall–Kier alpha value is -1.70. The van der Waals surface area contributed by atoms with Crippen LogP contribution in [0, 0.1) is 17.2 Å². The number of hydrogen-bond acceptors (Lipinski definition) is 2. The first-order valence-electron chi connectivity index (χ1n) is 5.28. The molecule has 1 rings (SSSR count). The van der Waals surface area contributed by atoms with Gasteiger partial charge in [0.1, 0.15) is 0 Å². The molecule has 0 saturated carbocycles. The highest BCUT2D eigenvalue weighted by Gasteiger charge is 2.33. The van der Waals surface area contributed by atoms with Crippen LogP contribution in [0.2, 0.25) is 0 Å². The van der Waals surface area contributed by atoms with Gasteiger partial charge in [-0.3, -0.25) is 0 Å². The van der Waals surface area contributed by atoms with Gasteiger partial charge < -0.3 is 5.32 Å². The van der Waals surface area contributed by atoms with Crippen molar-refractivity contribution in [1.29, 1.82) is 5.26 Å². The van der Waals surface area contributed by atoms with Crippen LogP contribution in [0.15, 0.2) is 24.3 Å². The van der Waals surface area contributed by atoms with Gasteiger partial charge in [-0.25, -0.2) is 0 Å². The minimum absolute atomic E-state index is 0.0219. The van der Waals surface area contributed by atoms with Gasteiger partial charge in [0, 0.05) is 12.2 Å². The van der Waals surface area contributed by atoms with Crippen molar-refractivity contribution >= 4 is 5.69 Å². The fourth-order valence-corrected chi connectivity index (χ4v) is 1.40. The van der Waals surface area contributed by atoms with Gasteiger partial charge in [-0.05, 0) is 18.6 Å². The zero-order valence-electron chi connectivity index (χ0n) is 9.38. The molecule has 1 N–H and O–H groups in total. The lowest BCUT2D eigenvalue weighted by Crippen LogP contribution is -2.15. The minimum Gasteiger partial charge on any atom is -0.383 e. The third-order valence-electron chi connectivity index (χ3n) is 2.45. The third-order valence-corrected chi connectivity index (χ3v) is 2.45. The van der Waals surface area contributed by atoms with E-state index in [0.717, 1.165) is 6.07 Å². The molecule has 0 spiro atoms. The second-order valence-corrected chi connectivity index (χ2v) is 3.66. The molecule has 0 fully saturated rings. The molecule has 5 heteroatoms. The van der Waals surface area contributed by atoms with Gasteiger partial charge in [0.05, 0.1) is 17.6 Å². The van der Waals surface area contributed by atoms with E-state index in [9.17, 15) is 13.2 Å². The molecule has 92 valence electrons. The van der Waals surface area contributed by atoms with Crippen LogP contribution in [-0.2, 0) is 6.18 Å². The van der Waals surface area contributed by atoms with Crippen LogP contribution < -0.4 is 5.32 Å². The van der Waals surface area contributed by atoms with Gasteiger partial charge >= 0.3 is 6.18 Å². The number of nitrogens with zero attached hydrogens (tertiary/aromatic N) is 1. The lowest BCUT2D eigenvalue weighted by atomic mass is 10.1. The summed E-state index contributed by atoms with van der Waals surface area (Å²) in [5.41, 5.74) is -0.679. The molecule has 1 aromatic carbocycles. The molecule has 0 heterocycles. The van der Waals surface area contributed by atoms with Crippen molar-refractivity contribution in [2.75, 3.05) is 11.9 Å². The molecule has 2 nitrogen and oxygen atoms in total. The summed E-state index contributed by atoms with van der Waals surface area (Å²) in [6.07, 6.45) is -3.77. The van der Waals surface area contributed by atoms with E-state index in [1.165, 1.54) is 18.2 Å². The van der Waals surface area contributed by atoms with Crippen LogP contribution >= 0.6 is 0 Å². The lowest BCUT2D eigenvalue weighted by Gasteiger charge is -2.15. The molecule has 1 atom stereocenters. The van der Waals surface area contributed by atoms with E-state index >= 15 is 0 Å². The number of hydrogen-bond donors (Lipinski definition) is 1. The topological polar surface area (TPSA) is 35.8 Å². The summed E-state index contributed by atoms with van der Waals surface area (Å²) in [5.74, 6) is -0.281. The van der Waals surface area contributed by atoms with Gasteiger partial charge in [0.25, 0.3) is 0 Å². The Morgan fingerprint density at radius 1 is 1.35 bits per heavy atom. The Balaban J connectivity index is 2.82. The molecule has 0 bridgehead atoms. The van der Waals surface area contributed by atoms with E-state index in [2.05, 4.69) is 5.32 Å². The number of para-hydroxylation sites is 1. The monoisotopic (exact) mass is 242 g/mol. The number of nitrogens with one attached hydrogen (secondary N) is 1. The van der Waals surface area contributed by atoms with Crippen LogP contribution in [0.5, 0.6) is 0 Å². The van der Waals surface area contributed by atoms with Crippen molar-refractivity contribution < 1.29 is 13.2 Å². The molecule has 1 unspecified atom stereocenters. The average molecular weight is 242 g/mol. The molecule has 17 heavy (non-hydrogen) atoms. The van der Waals surface area contributed by atoms with Crippen molar-refractivity contribution in [3.63, 3.8) is 0 Å². The van der Waals surface area contributed by atoms with Crippen molar-refractivity contribution in [1.82, 2.24) is 0 Å². The zero-order valence-corrected chi connectivity index (χ0v) is 9.38. The number of nitriles is 1. The summed E-state index contributed by atoms with van der Waals surface area (Å²) in [5, 5.41) is 11.4. The summed E-state index contributed by atoms with van der Waals surface area (Å²) in [7, 11) is 0. The standard InChI is InChI=1S/C12H13F3N2/c1-2-9(7-16)8-17-11-6-4-3-5-10(11)12(13,14)15/h3-6,9,17H,2,8H2,1H3. The molecular formula is C12H13F3N2. The smallest absolute Gasteiger partial charge is 0.383 e. The van der Waals surface area contributed by atoms with Crippen LogP contribution in [0.25, 0.3) is 0 Å². The Kier molecular flexibility index (Phi) is 4.38. The van der Waals surface area contributed by atoms with Gasteiger partial charge in [-0.2, -0.15) is 18.4 Å². The first-order valence-corrected chi connectivity index (χ1v) is 5.28. The molecule has 0 aliphatic rings. The largest absolute Gasteiger partial charge is 0.418 e. The highest BCUT2D eigenvalue weighted by atomic mass is 19.4. The van der Waals surface area contributed by atoms with Gasteiger partial charge in [0.2, 0.25) is 0 Å². The average Bonchev–Trinajstić information content (AvgIpc) is 2.29. The number of benzene rings is 1. The first-order chi connectivity index (χ1) is 7.99. The van der Waals surface area contributed by atoms with E-state index in [-0.39, 0.29) is 18.2 Å². The molecule has 0 amide bonds. The van der Waals surface area contributed by atoms with E-state index in [1.807, 2.05) is 13.0 Å². The first kappa shape index (κ1) is 13.4. The second-order valence-electron chi connectivity index (χ2n) is 3.66. The molecule has 0 aliphatic carbocycles. The molecule has 0 aliphatic heterocycles. The highest BCUT2D eigenvalue weighted by molar-refractivity contribution is 5.52. The number of anilines is 1. The maximum Gasteiger partial charge on any atom is 0.418 e. The molecule has 0 aromatic heterocycles. The van der Waals surface area contributed by atoms with Gasteiger partial charge in [-0.15, -0.1) is 0 Å². The van der Waals surface area contributed by atoms with E-state index < -0.39 is 11.7 Å². The Bertz CT molecular complexity index is 407. The summed E-state index contributed by atoms with van der Waals surface area (Å²) < 4.78 is 37.9. The summed E-state index contributed by atoms with van der Waals surface area (Å²) in [6.45, 7) is 2.05. The normalized spacial score (nSPS) is 12.9. The van der Waals surface area contributed by atoms with Crippen LogP contribution in [0.3, 0.4) is 0 Å². The predicted molar refractivity (Wildman–Crippen MR) is 59.3 cm³/mol. The van der Waals surface area contributed by atoms with Crippen LogP contribution in [0.4, 0.5) is 18.9 Å². The zero-order chi connectivity index (χ0) is 12.9. The SMILES string of the molecule is CCC(C#N)CNc1ccccc1C(F)(F)F. The number of rotatable bonds is 4. The van der Waals surface area contributed by atoms with E-state index in [0.29, 0.717) is 6.42 Å². The van der Waals surface area contributed by atoms with Crippen LogP contribution in [0.1, 0.15) is 18.9 Å². The van der Waals surface area contributed by atoms with Gasteiger partial charge in [0.15, 0.2) is 0 Å². The maximum absolute atomic E-state index is 12.6. The molecular weight excluding hydrogens is 229 g/mol. The van der Waals surface area contributed by atoms with E-state index in [1.54, 1.807) is 0 Å². The fraction of sp³-hybridized carbons (Fsp3) is 0.417. The molecule has 0 saturated heterocycles. The van der Waals surface area contributed by atoms with Crippen LogP contribution in [-0.4, -0.2) is 6.54 Å². The predicted octanol–water partition coefficient (Wildman–Crippen LogP) is 3.67. The highest BCUT2D eigenvalue weighted by Crippen LogP contribution is 2.34. The summed E-state index contributed by atoms with van der Waals surface area (Å²) >= 11 is 0. The Morgan fingerprint density at radius 3 is 2.53 bits per heavy atom. The van der Waals surface area contributed by atoms with E-state index in [4.69, 9.17) is 5.26 Å². The second kappa shape index (κ2) is 5.58. The summed E-state index contributed by atoms with van der Waals surface area (Å²) in [4.78, 5) is 0. The Labute approximate surface area is 98.1 Å². The van der Waals surface area contributed by atoms with Crippen molar-refractivity contribution in [3.8, 4) is 6.07 Å². The minimum atomic E-state index is -4.38. The number of halogens is 3. The quantitative estimate of drug-likeness (QED) is 0.874. The molecule has 0 radical (unpaired) electrons. The Morgan fingerprint density at radius 2 is 2.00 bits per heavy atom. The lowest BCUT2D eigenvalue weighted by molar-refractivity contribution is -0.136. The maximum atomic E-state index is 12.6. The molecule has 1 aromatic rings. The van der Waals surface area contributed by atoms with Gasteiger partial charge in [-0.1, -0.05) is 19.1 Å². The van der Waals surface area contributed by atoms with Crippen molar-refractivity contribution in [2.45, 2.75) is 19.5 Å².